The number of aromatic nitrogens is 1. The average Bonchev–Trinajstić information content (AvgIpc) is 2.41. The van der Waals surface area contributed by atoms with E-state index in [1.165, 1.54) is 6.20 Å². The Labute approximate surface area is 107 Å². The second-order valence-corrected chi connectivity index (χ2v) is 6.30. The Hall–Kier alpha value is -0.980. The summed E-state index contributed by atoms with van der Waals surface area (Å²) < 4.78 is 34.6. The van der Waals surface area contributed by atoms with E-state index in [1.54, 1.807) is 18.3 Å². The molecule has 1 fully saturated rings. The number of hydrogen-bond acceptors (Lipinski definition) is 5. The van der Waals surface area contributed by atoms with Gasteiger partial charge in [0.1, 0.15) is 0 Å². The Balaban J connectivity index is 1.82. The maximum Gasteiger partial charge on any atom is 0.182 e. The summed E-state index contributed by atoms with van der Waals surface area (Å²) >= 11 is 0. The van der Waals surface area contributed by atoms with E-state index in [9.17, 15) is 8.42 Å². The van der Waals surface area contributed by atoms with Gasteiger partial charge in [-0.2, -0.15) is 0 Å². The van der Waals surface area contributed by atoms with Gasteiger partial charge in [-0.05, 0) is 25.0 Å². The molecule has 0 bridgehead atoms. The van der Waals surface area contributed by atoms with Crippen LogP contribution in [-0.4, -0.2) is 45.1 Å². The number of nitrogens with zero attached hydrogens (tertiary/aromatic N) is 1. The number of hydrogen-bond donors (Lipinski definition) is 0. The van der Waals surface area contributed by atoms with Gasteiger partial charge in [-0.25, -0.2) is 8.42 Å². The summed E-state index contributed by atoms with van der Waals surface area (Å²) in [4.78, 5) is 4.06. The first kappa shape index (κ1) is 13.5. The molecule has 1 saturated heterocycles. The Kier molecular flexibility index (Phi) is 4.68. The lowest BCUT2D eigenvalue weighted by Crippen LogP contribution is -2.25. The van der Waals surface area contributed by atoms with E-state index >= 15 is 0 Å². The van der Waals surface area contributed by atoms with Crippen LogP contribution in [0.5, 0.6) is 0 Å². The second-order valence-electron chi connectivity index (χ2n) is 4.19. The zero-order valence-electron chi connectivity index (χ0n) is 10.1. The molecule has 1 aromatic rings. The summed E-state index contributed by atoms with van der Waals surface area (Å²) in [6.07, 6.45) is 4.73. The largest absolute Gasteiger partial charge is 0.381 e. The summed E-state index contributed by atoms with van der Waals surface area (Å²) in [5.41, 5.74) is 0. The SMILES string of the molecule is O=S(=O)(CCOC1CCOCC1)c1cccnc1. The average molecular weight is 271 g/mol. The molecule has 0 aromatic carbocycles. The van der Waals surface area contributed by atoms with Gasteiger partial charge >= 0.3 is 0 Å². The Bertz CT molecular complexity index is 454. The van der Waals surface area contributed by atoms with Gasteiger partial charge in [0.25, 0.3) is 0 Å². The molecule has 0 atom stereocenters. The van der Waals surface area contributed by atoms with Crippen LogP contribution in [0.15, 0.2) is 29.4 Å². The van der Waals surface area contributed by atoms with Crippen LogP contribution in [0.4, 0.5) is 0 Å². The maximum absolute atomic E-state index is 11.9. The van der Waals surface area contributed by atoms with E-state index in [-0.39, 0.29) is 23.4 Å². The highest BCUT2D eigenvalue weighted by molar-refractivity contribution is 7.91. The molecular weight excluding hydrogens is 254 g/mol. The van der Waals surface area contributed by atoms with Gasteiger partial charge < -0.3 is 9.47 Å². The number of pyridine rings is 1. The van der Waals surface area contributed by atoms with Crippen LogP contribution in [-0.2, 0) is 19.3 Å². The van der Waals surface area contributed by atoms with E-state index in [0.717, 1.165) is 12.8 Å². The molecule has 2 heterocycles. The van der Waals surface area contributed by atoms with Crippen LogP contribution < -0.4 is 0 Å². The molecule has 18 heavy (non-hydrogen) atoms. The van der Waals surface area contributed by atoms with Crippen LogP contribution in [0.2, 0.25) is 0 Å². The topological polar surface area (TPSA) is 65.5 Å². The van der Waals surface area contributed by atoms with Gasteiger partial charge in [0, 0.05) is 25.6 Å². The van der Waals surface area contributed by atoms with Gasteiger partial charge in [-0.15, -0.1) is 0 Å². The first-order valence-electron chi connectivity index (χ1n) is 6.00. The first-order chi connectivity index (χ1) is 8.68. The minimum absolute atomic E-state index is 0.00392. The standard InChI is InChI=1S/C12H17NO4S/c14-18(15,12-2-1-5-13-10-12)9-8-17-11-3-6-16-7-4-11/h1-2,5,10-11H,3-4,6-9H2. The lowest BCUT2D eigenvalue weighted by molar-refractivity contribution is -0.0266. The third-order valence-electron chi connectivity index (χ3n) is 2.87. The molecule has 1 aliphatic rings. The van der Waals surface area contributed by atoms with Crippen molar-refractivity contribution in [3.05, 3.63) is 24.5 Å². The maximum atomic E-state index is 11.9. The smallest absolute Gasteiger partial charge is 0.182 e. The van der Waals surface area contributed by atoms with Crippen LogP contribution >= 0.6 is 0 Å². The molecule has 5 nitrogen and oxygen atoms in total. The predicted molar refractivity (Wildman–Crippen MR) is 66.1 cm³/mol. The van der Waals surface area contributed by atoms with Crippen molar-refractivity contribution in [3.8, 4) is 0 Å². The summed E-state index contributed by atoms with van der Waals surface area (Å²) in [6.45, 7) is 1.61. The van der Waals surface area contributed by atoms with Crippen LogP contribution in [0.3, 0.4) is 0 Å². The van der Waals surface area contributed by atoms with E-state index < -0.39 is 9.84 Å². The van der Waals surface area contributed by atoms with Gasteiger partial charge in [0.05, 0.1) is 23.4 Å². The molecule has 2 rings (SSSR count). The summed E-state index contributed by atoms with van der Waals surface area (Å²) in [5, 5.41) is 0. The molecule has 1 aromatic heterocycles. The van der Waals surface area contributed by atoms with Crippen molar-refractivity contribution in [1.29, 1.82) is 0 Å². The number of sulfone groups is 1. The van der Waals surface area contributed by atoms with Crippen molar-refractivity contribution >= 4 is 9.84 Å². The highest BCUT2D eigenvalue weighted by Crippen LogP contribution is 2.12. The van der Waals surface area contributed by atoms with E-state index in [0.29, 0.717) is 13.2 Å². The molecule has 0 saturated carbocycles. The van der Waals surface area contributed by atoms with Crippen molar-refractivity contribution in [2.24, 2.45) is 0 Å². The third kappa shape index (κ3) is 3.76. The minimum atomic E-state index is -3.28. The van der Waals surface area contributed by atoms with Gasteiger partial charge in [-0.3, -0.25) is 4.98 Å². The van der Waals surface area contributed by atoms with E-state index in [2.05, 4.69) is 4.98 Å². The molecule has 1 aliphatic heterocycles. The zero-order valence-corrected chi connectivity index (χ0v) is 10.9. The lowest BCUT2D eigenvalue weighted by Gasteiger charge is -2.22. The normalized spacial score (nSPS) is 17.8. The van der Waals surface area contributed by atoms with Crippen molar-refractivity contribution in [2.75, 3.05) is 25.6 Å². The number of ether oxygens (including phenoxy) is 2. The van der Waals surface area contributed by atoms with Crippen LogP contribution in [0, 0.1) is 0 Å². The summed E-state index contributed by atoms with van der Waals surface area (Å²) in [5.74, 6) is -0.00392. The van der Waals surface area contributed by atoms with E-state index in [1.807, 2.05) is 0 Å². The van der Waals surface area contributed by atoms with Crippen molar-refractivity contribution in [3.63, 3.8) is 0 Å². The molecule has 0 N–H and O–H groups in total. The summed E-state index contributed by atoms with van der Waals surface area (Å²) in [7, 11) is -3.28. The second kappa shape index (κ2) is 6.26. The van der Waals surface area contributed by atoms with Gasteiger partial charge in [0.2, 0.25) is 0 Å². The van der Waals surface area contributed by atoms with Gasteiger partial charge in [0.15, 0.2) is 9.84 Å². The van der Waals surface area contributed by atoms with Crippen LogP contribution in [0.1, 0.15) is 12.8 Å². The molecule has 0 radical (unpaired) electrons. The highest BCUT2D eigenvalue weighted by atomic mass is 32.2. The molecule has 0 aliphatic carbocycles. The van der Waals surface area contributed by atoms with Crippen molar-refractivity contribution in [1.82, 2.24) is 4.98 Å². The fraction of sp³-hybridized carbons (Fsp3) is 0.583. The molecule has 0 amide bonds. The monoisotopic (exact) mass is 271 g/mol. The Morgan fingerprint density at radius 3 is 2.83 bits per heavy atom. The van der Waals surface area contributed by atoms with Gasteiger partial charge in [-0.1, -0.05) is 0 Å². The summed E-state index contributed by atoms with van der Waals surface area (Å²) in [6, 6.07) is 3.17. The number of rotatable bonds is 5. The molecule has 6 heteroatoms. The predicted octanol–water partition coefficient (Wildman–Crippen LogP) is 1.05. The minimum Gasteiger partial charge on any atom is -0.381 e. The highest BCUT2D eigenvalue weighted by Gasteiger charge is 2.17. The molecule has 100 valence electrons. The van der Waals surface area contributed by atoms with Crippen LogP contribution in [0.25, 0.3) is 0 Å². The zero-order chi connectivity index (χ0) is 12.8. The third-order valence-corrected chi connectivity index (χ3v) is 4.53. The Morgan fingerprint density at radius 2 is 2.17 bits per heavy atom. The Morgan fingerprint density at radius 1 is 1.39 bits per heavy atom. The first-order valence-corrected chi connectivity index (χ1v) is 7.66. The fourth-order valence-corrected chi connectivity index (χ4v) is 2.87. The molecular formula is C12H17NO4S. The quantitative estimate of drug-likeness (QED) is 0.801. The fourth-order valence-electron chi connectivity index (χ4n) is 1.82. The van der Waals surface area contributed by atoms with E-state index in [4.69, 9.17) is 9.47 Å². The van der Waals surface area contributed by atoms with Crippen molar-refractivity contribution < 1.29 is 17.9 Å². The van der Waals surface area contributed by atoms with Crippen molar-refractivity contribution in [2.45, 2.75) is 23.8 Å². The molecule has 0 unspecified atom stereocenters. The molecule has 0 spiro atoms. The lowest BCUT2D eigenvalue weighted by atomic mass is 10.2.